The highest BCUT2D eigenvalue weighted by Crippen LogP contribution is 2.31. The summed E-state index contributed by atoms with van der Waals surface area (Å²) >= 11 is 3.60. The quantitative estimate of drug-likeness (QED) is 0.832. The first-order chi connectivity index (χ1) is 10.0. The summed E-state index contributed by atoms with van der Waals surface area (Å²) in [4.78, 5) is 0. The largest absolute Gasteiger partial charge is 0.484 e. The zero-order chi connectivity index (χ0) is 15.4. The number of rotatable bonds is 5. The second-order valence-electron chi connectivity index (χ2n) is 5.46. The maximum absolute atomic E-state index is 6.30. The van der Waals surface area contributed by atoms with Crippen LogP contribution in [0.25, 0.3) is 0 Å². The summed E-state index contributed by atoms with van der Waals surface area (Å²) in [5.41, 5.74) is 9.78. The molecule has 2 aromatic carbocycles. The standard InChI is InChI=1S/C18H22BrNO/c1-4-17(20)18(15-7-5-6-8-16(15)19)21-14-10-12(2)9-13(3)11-14/h5-11,17-18H,4,20H2,1-3H3. The van der Waals surface area contributed by atoms with Crippen molar-refractivity contribution in [3.05, 3.63) is 63.6 Å². The van der Waals surface area contributed by atoms with Crippen LogP contribution in [0.2, 0.25) is 0 Å². The smallest absolute Gasteiger partial charge is 0.140 e. The molecule has 0 fully saturated rings. The maximum Gasteiger partial charge on any atom is 0.140 e. The molecule has 0 aromatic heterocycles. The van der Waals surface area contributed by atoms with Crippen LogP contribution >= 0.6 is 15.9 Å². The molecule has 0 saturated carbocycles. The monoisotopic (exact) mass is 347 g/mol. The third kappa shape index (κ3) is 4.08. The van der Waals surface area contributed by atoms with E-state index in [0.29, 0.717) is 0 Å². The third-order valence-electron chi connectivity index (χ3n) is 3.53. The van der Waals surface area contributed by atoms with Gasteiger partial charge in [-0.1, -0.05) is 47.1 Å². The molecule has 2 aromatic rings. The zero-order valence-electron chi connectivity index (χ0n) is 12.8. The molecule has 2 atom stereocenters. The van der Waals surface area contributed by atoms with Crippen molar-refractivity contribution in [2.24, 2.45) is 5.73 Å². The lowest BCUT2D eigenvalue weighted by Gasteiger charge is -2.26. The summed E-state index contributed by atoms with van der Waals surface area (Å²) in [7, 11) is 0. The van der Waals surface area contributed by atoms with Gasteiger partial charge in [-0.3, -0.25) is 0 Å². The average Bonchev–Trinajstić information content (AvgIpc) is 2.44. The first kappa shape index (κ1) is 16.1. The van der Waals surface area contributed by atoms with Gasteiger partial charge >= 0.3 is 0 Å². The highest BCUT2D eigenvalue weighted by molar-refractivity contribution is 9.10. The molecule has 0 amide bonds. The molecule has 0 aliphatic heterocycles. The molecular weight excluding hydrogens is 326 g/mol. The Morgan fingerprint density at radius 1 is 1.10 bits per heavy atom. The fourth-order valence-electron chi connectivity index (χ4n) is 2.45. The minimum absolute atomic E-state index is 0.0514. The van der Waals surface area contributed by atoms with Crippen molar-refractivity contribution in [1.29, 1.82) is 0 Å². The SMILES string of the molecule is CCC(N)C(Oc1cc(C)cc(C)c1)c1ccccc1Br. The Hall–Kier alpha value is -1.32. The van der Waals surface area contributed by atoms with E-state index in [-0.39, 0.29) is 12.1 Å². The van der Waals surface area contributed by atoms with Gasteiger partial charge in [-0.15, -0.1) is 0 Å². The van der Waals surface area contributed by atoms with E-state index in [1.807, 2.05) is 18.2 Å². The summed E-state index contributed by atoms with van der Waals surface area (Å²) in [5, 5.41) is 0. The Labute approximate surface area is 135 Å². The van der Waals surface area contributed by atoms with Crippen LogP contribution in [0.15, 0.2) is 46.9 Å². The number of aryl methyl sites for hydroxylation is 2. The van der Waals surface area contributed by atoms with Crippen LogP contribution in [-0.2, 0) is 0 Å². The Balaban J connectivity index is 2.35. The van der Waals surface area contributed by atoms with E-state index in [0.717, 1.165) is 22.2 Å². The van der Waals surface area contributed by atoms with E-state index in [2.05, 4.69) is 61.0 Å². The molecule has 0 heterocycles. The highest BCUT2D eigenvalue weighted by Gasteiger charge is 2.22. The van der Waals surface area contributed by atoms with E-state index >= 15 is 0 Å². The summed E-state index contributed by atoms with van der Waals surface area (Å²) in [6.45, 7) is 6.24. The first-order valence-electron chi connectivity index (χ1n) is 7.26. The molecule has 2 unspecified atom stereocenters. The van der Waals surface area contributed by atoms with Crippen LogP contribution in [-0.4, -0.2) is 6.04 Å². The van der Waals surface area contributed by atoms with Crippen molar-refractivity contribution in [3.63, 3.8) is 0 Å². The fourth-order valence-corrected chi connectivity index (χ4v) is 2.96. The van der Waals surface area contributed by atoms with E-state index in [9.17, 15) is 0 Å². The van der Waals surface area contributed by atoms with E-state index in [4.69, 9.17) is 10.5 Å². The second kappa shape index (κ2) is 7.10. The van der Waals surface area contributed by atoms with Crippen molar-refractivity contribution in [2.45, 2.75) is 39.3 Å². The molecule has 0 saturated heterocycles. The molecule has 2 nitrogen and oxygen atoms in total. The van der Waals surface area contributed by atoms with Gasteiger partial charge in [0, 0.05) is 16.1 Å². The van der Waals surface area contributed by atoms with Crippen LogP contribution in [0.1, 0.15) is 36.1 Å². The lowest BCUT2D eigenvalue weighted by Crippen LogP contribution is -2.31. The minimum atomic E-state index is -0.160. The predicted octanol–water partition coefficient (Wildman–Crippen LogP) is 4.92. The van der Waals surface area contributed by atoms with Crippen LogP contribution in [0, 0.1) is 13.8 Å². The van der Waals surface area contributed by atoms with Crippen LogP contribution in [0.4, 0.5) is 0 Å². The molecular formula is C18H22BrNO. The second-order valence-corrected chi connectivity index (χ2v) is 6.31. The number of ether oxygens (including phenoxy) is 1. The number of hydrogen-bond donors (Lipinski definition) is 1. The Morgan fingerprint density at radius 2 is 1.71 bits per heavy atom. The fraction of sp³-hybridized carbons (Fsp3) is 0.333. The molecule has 0 aliphatic rings. The van der Waals surface area contributed by atoms with Crippen LogP contribution < -0.4 is 10.5 Å². The van der Waals surface area contributed by atoms with E-state index in [1.54, 1.807) is 0 Å². The van der Waals surface area contributed by atoms with Crippen molar-refractivity contribution < 1.29 is 4.74 Å². The molecule has 0 spiro atoms. The topological polar surface area (TPSA) is 35.2 Å². The minimum Gasteiger partial charge on any atom is -0.484 e. The molecule has 0 bridgehead atoms. The van der Waals surface area contributed by atoms with E-state index in [1.165, 1.54) is 11.1 Å². The summed E-state index contributed by atoms with van der Waals surface area (Å²) < 4.78 is 7.27. The Bertz CT molecular complexity index is 592. The lowest BCUT2D eigenvalue weighted by atomic mass is 10.0. The third-order valence-corrected chi connectivity index (χ3v) is 4.25. The van der Waals surface area contributed by atoms with Crippen LogP contribution in [0.3, 0.4) is 0 Å². The van der Waals surface area contributed by atoms with Gasteiger partial charge in [0.25, 0.3) is 0 Å². The van der Waals surface area contributed by atoms with E-state index < -0.39 is 0 Å². The molecule has 3 heteroatoms. The maximum atomic E-state index is 6.30. The Kier molecular flexibility index (Phi) is 5.43. The van der Waals surface area contributed by atoms with Crippen molar-refractivity contribution in [2.75, 3.05) is 0 Å². The number of benzene rings is 2. The average molecular weight is 348 g/mol. The molecule has 112 valence electrons. The van der Waals surface area contributed by atoms with Crippen molar-refractivity contribution in [1.82, 2.24) is 0 Å². The number of halogens is 1. The van der Waals surface area contributed by atoms with Crippen molar-refractivity contribution in [3.8, 4) is 5.75 Å². The normalized spacial score (nSPS) is 13.8. The van der Waals surface area contributed by atoms with Gasteiger partial charge in [-0.05, 0) is 49.6 Å². The first-order valence-corrected chi connectivity index (χ1v) is 8.05. The molecule has 21 heavy (non-hydrogen) atoms. The molecule has 0 radical (unpaired) electrons. The highest BCUT2D eigenvalue weighted by atomic mass is 79.9. The van der Waals surface area contributed by atoms with Gasteiger partial charge < -0.3 is 10.5 Å². The predicted molar refractivity (Wildman–Crippen MR) is 91.7 cm³/mol. The summed E-state index contributed by atoms with van der Waals surface area (Å²) in [5.74, 6) is 0.872. The lowest BCUT2D eigenvalue weighted by molar-refractivity contribution is 0.170. The van der Waals surface area contributed by atoms with Gasteiger partial charge in [0.15, 0.2) is 0 Å². The van der Waals surface area contributed by atoms with Gasteiger partial charge in [0.1, 0.15) is 11.9 Å². The van der Waals surface area contributed by atoms with Gasteiger partial charge in [-0.25, -0.2) is 0 Å². The summed E-state index contributed by atoms with van der Waals surface area (Å²) in [6, 6.07) is 14.3. The molecule has 2 rings (SSSR count). The van der Waals surface area contributed by atoms with Gasteiger partial charge in [-0.2, -0.15) is 0 Å². The zero-order valence-corrected chi connectivity index (χ0v) is 14.4. The van der Waals surface area contributed by atoms with Gasteiger partial charge in [0.2, 0.25) is 0 Å². The summed E-state index contributed by atoms with van der Waals surface area (Å²) in [6.07, 6.45) is 0.698. The van der Waals surface area contributed by atoms with Gasteiger partial charge in [0.05, 0.1) is 0 Å². The van der Waals surface area contributed by atoms with Crippen LogP contribution in [0.5, 0.6) is 5.75 Å². The molecule has 2 N–H and O–H groups in total. The number of nitrogens with two attached hydrogens (primary N) is 1. The number of hydrogen-bond acceptors (Lipinski definition) is 2. The Morgan fingerprint density at radius 3 is 2.29 bits per heavy atom. The molecule has 0 aliphatic carbocycles. The van der Waals surface area contributed by atoms with Crippen molar-refractivity contribution >= 4 is 15.9 Å².